The van der Waals surface area contributed by atoms with Gasteiger partial charge in [0.1, 0.15) is 11.2 Å². The third-order valence-corrected chi connectivity index (χ3v) is 7.04. The van der Waals surface area contributed by atoms with Crippen LogP contribution in [0.5, 0.6) is 0 Å². The molecule has 1 aliphatic carbocycles. The van der Waals surface area contributed by atoms with Gasteiger partial charge in [0.15, 0.2) is 0 Å². The number of hydrogen-bond donors (Lipinski definition) is 1. The van der Waals surface area contributed by atoms with Gasteiger partial charge in [-0.15, -0.1) is 0 Å². The second kappa shape index (κ2) is 6.09. The van der Waals surface area contributed by atoms with E-state index in [1.54, 1.807) is 0 Å². The Morgan fingerprint density at radius 1 is 1.27 bits per heavy atom. The van der Waals surface area contributed by atoms with Crippen LogP contribution in [0.2, 0.25) is 19.6 Å². The van der Waals surface area contributed by atoms with Crippen molar-refractivity contribution >= 4 is 35.2 Å². The van der Waals surface area contributed by atoms with Crippen LogP contribution in [0.15, 0.2) is 47.1 Å². The summed E-state index contributed by atoms with van der Waals surface area (Å²) in [6.45, 7) is 9.67. The highest BCUT2D eigenvalue weighted by Crippen LogP contribution is 2.24. The van der Waals surface area contributed by atoms with Crippen LogP contribution in [-0.2, 0) is 6.54 Å². The van der Waals surface area contributed by atoms with Gasteiger partial charge in [-0.3, -0.25) is 4.79 Å². The zero-order chi connectivity index (χ0) is 18.5. The van der Waals surface area contributed by atoms with Crippen LogP contribution in [0.25, 0.3) is 21.9 Å². The predicted octanol–water partition coefficient (Wildman–Crippen LogP) is 4.01. The first-order valence-corrected chi connectivity index (χ1v) is 12.7. The van der Waals surface area contributed by atoms with E-state index in [4.69, 9.17) is 0 Å². The zero-order valence-electron chi connectivity index (χ0n) is 15.9. The van der Waals surface area contributed by atoms with E-state index >= 15 is 0 Å². The molecule has 1 aliphatic rings. The Hall–Kier alpha value is -2.40. The fourth-order valence-electron chi connectivity index (χ4n) is 3.71. The number of H-pyrrole nitrogens is 1. The number of nitrogens with one attached hydrogen (secondary N) is 1. The molecule has 3 aromatic rings. The number of nitrogens with zero attached hydrogens (tertiary/aromatic N) is 2. The molecule has 0 saturated heterocycles. The standard InChI is InChI=1S/C21H25N3OSi/c1-14-10-16-18-17(26(2,3)4)13-24(12-15-8-6-5-7-9-15)21(25)19(18)23-20(16)22-11-14/h6,8-11,13H,5,7,12H2,1-4H3,(H,22,23). The number of aryl methyl sites for hydroxylation is 1. The van der Waals surface area contributed by atoms with Crippen LogP contribution >= 0.6 is 0 Å². The molecular formula is C21H25N3OSi. The average Bonchev–Trinajstić information content (AvgIpc) is 2.96. The van der Waals surface area contributed by atoms with Crippen molar-refractivity contribution in [2.45, 2.75) is 46.0 Å². The van der Waals surface area contributed by atoms with E-state index < -0.39 is 8.07 Å². The number of aromatic nitrogens is 3. The van der Waals surface area contributed by atoms with Gasteiger partial charge >= 0.3 is 0 Å². The monoisotopic (exact) mass is 363 g/mol. The molecule has 0 spiro atoms. The van der Waals surface area contributed by atoms with Crippen LogP contribution in [-0.4, -0.2) is 22.6 Å². The lowest BCUT2D eigenvalue weighted by Crippen LogP contribution is -2.41. The highest BCUT2D eigenvalue weighted by Gasteiger charge is 2.25. The normalized spacial score (nSPS) is 15.0. The van der Waals surface area contributed by atoms with Crippen molar-refractivity contribution in [1.29, 1.82) is 0 Å². The molecule has 0 amide bonds. The van der Waals surface area contributed by atoms with E-state index in [9.17, 15) is 4.79 Å². The molecule has 3 heterocycles. The van der Waals surface area contributed by atoms with Crippen LogP contribution in [0.3, 0.4) is 0 Å². The van der Waals surface area contributed by atoms with E-state index in [1.165, 1.54) is 10.8 Å². The van der Waals surface area contributed by atoms with Crippen LogP contribution in [0, 0.1) is 6.92 Å². The van der Waals surface area contributed by atoms with Crippen molar-refractivity contribution in [2.75, 3.05) is 0 Å². The van der Waals surface area contributed by atoms with Gasteiger partial charge in [0.05, 0.1) is 14.6 Å². The van der Waals surface area contributed by atoms with Gasteiger partial charge in [-0.1, -0.05) is 37.9 Å². The summed E-state index contributed by atoms with van der Waals surface area (Å²) in [7, 11) is -1.66. The summed E-state index contributed by atoms with van der Waals surface area (Å²) in [5.41, 5.74) is 3.86. The second-order valence-electron chi connectivity index (χ2n) is 8.27. The van der Waals surface area contributed by atoms with Gasteiger partial charge in [0.2, 0.25) is 0 Å². The number of pyridine rings is 2. The number of rotatable bonds is 3. The minimum absolute atomic E-state index is 0.0394. The first-order chi connectivity index (χ1) is 12.3. The van der Waals surface area contributed by atoms with Crippen molar-refractivity contribution in [3.63, 3.8) is 0 Å². The van der Waals surface area contributed by atoms with Gasteiger partial charge in [0, 0.05) is 23.2 Å². The fraction of sp³-hybridized carbons (Fsp3) is 0.333. The Kier molecular flexibility index (Phi) is 3.99. The molecule has 5 heteroatoms. The van der Waals surface area contributed by atoms with Crippen molar-refractivity contribution in [3.8, 4) is 0 Å². The van der Waals surface area contributed by atoms with Crippen LogP contribution in [0.1, 0.15) is 18.4 Å². The zero-order valence-corrected chi connectivity index (χ0v) is 16.9. The molecule has 4 nitrogen and oxygen atoms in total. The molecule has 0 fully saturated rings. The Morgan fingerprint density at radius 2 is 2.08 bits per heavy atom. The van der Waals surface area contributed by atoms with E-state index in [-0.39, 0.29) is 5.56 Å². The number of fused-ring (bicyclic) bond motifs is 3. The Balaban J connectivity index is 2.02. The third-order valence-electron chi connectivity index (χ3n) is 5.05. The minimum atomic E-state index is -1.66. The molecule has 4 rings (SSSR count). The molecule has 0 aromatic carbocycles. The molecule has 0 saturated carbocycles. The quantitative estimate of drug-likeness (QED) is 0.715. The first-order valence-electron chi connectivity index (χ1n) is 9.22. The Labute approximate surface area is 154 Å². The lowest BCUT2D eigenvalue weighted by atomic mass is 10.1. The molecule has 1 N–H and O–H groups in total. The smallest absolute Gasteiger partial charge is 0.275 e. The van der Waals surface area contributed by atoms with Gasteiger partial charge in [-0.05, 0) is 42.2 Å². The number of hydrogen-bond acceptors (Lipinski definition) is 2. The fourth-order valence-corrected chi connectivity index (χ4v) is 5.26. The van der Waals surface area contributed by atoms with E-state index in [2.05, 4.69) is 60.1 Å². The van der Waals surface area contributed by atoms with Crippen molar-refractivity contribution in [2.24, 2.45) is 0 Å². The molecular weight excluding hydrogens is 338 g/mol. The summed E-state index contributed by atoms with van der Waals surface area (Å²) in [5.74, 6) is 0. The maximum Gasteiger partial charge on any atom is 0.275 e. The molecule has 3 aromatic heterocycles. The minimum Gasteiger partial charge on any atom is -0.335 e. The molecule has 0 atom stereocenters. The summed E-state index contributed by atoms with van der Waals surface area (Å²) in [5, 5.41) is 3.45. The number of allylic oxidation sites excluding steroid dienone is 4. The highest BCUT2D eigenvalue weighted by molar-refractivity contribution is 6.90. The van der Waals surface area contributed by atoms with Crippen LogP contribution in [0.4, 0.5) is 0 Å². The summed E-state index contributed by atoms with van der Waals surface area (Å²) in [4.78, 5) is 21.0. The average molecular weight is 364 g/mol. The van der Waals surface area contributed by atoms with Gasteiger partial charge < -0.3 is 9.55 Å². The van der Waals surface area contributed by atoms with Gasteiger partial charge in [-0.2, -0.15) is 0 Å². The SMILES string of the molecule is Cc1cnc2[nH]c3c(=O)n(CC4=CCCC=C4)cc([Si](C)(C)C)c3c2c1. The Morgan fingerprint density at radius 3 is 2.77 bits per heavy atom. The van der Waals surface area contributed by atoms with Gasteiger partial charge in [-0.25, -0.2) is 4.98 Å². The van der Waals surface area contributed by atoms with E-state index in [1.807, 2.05) is 17.7 Å². The summed E-state index contributed by atoms with van der Waals surface area (Å²) in [6.07, 6.45) is 12.7. The molecule has 0 radical (unpaired) electrons. The highest BCUT2D eigenvalue weighted by atomic mass is 28.3. The molecule has 134 valence electrons. The van der Waals surface area contributed by atoms with Crippen LogP contribution < -0.4 is 10.7 Å². The largest absolute Gasteiger partial charge is 0.335 e. The van der Waals surface area contributed by atoms with Crippen molar-refractivity contribution in [1.82, 2.24) is 14.5 Å². The number of aromatic amines is 1. The second-order valence-corrected chi connectivity index (χ2v) is 13.3. The maximum absolute atomic E-state index is 13.2. The molecule has 0 unspecified atom stereocenters. The van der Waals surface area contributed by atoms with E-state index in [0.717, 1.165) is 34.8 Å². The predicted molar refractivity (Wildman–Crippen MR) is 112 cm³/mol. The van der Waals surface area contributed by atoms with Crippen molar-refractivity contribution < 1.29 is 0 Å². The van der Waals surface area contributed by atoms with Gasteiger partial charge in [0.25, 0.3) is 5.56 Å². The van der Waals surface area contributed by atoms with Crippen molar-refractivity contribution in [3.05, 3.63) is 58.2 Å². The summed E-state index contributed by atoms with van der Waals surface area (Å²) >= 11 is 0. The molecule has 0 bridgehead atoms. The third kappa shape index (κ3) is 2.86. The maximum atomic E-state index is 13.2. The molecule has 26 heavy (non-hydrogen) atoms. The lowest BCUT2D eigenvalue weighted by molar-refractivity contribution is 0.759. The topological polar surface area (TPSA) is 50.7 Å². The first kappa shape index (κ1) is 17.0. The lowest BCUT2D eigenvalue weighted by Gasteiger charge is -2.20. The molecule has 0 aliphatic heterocycles. The summed E-state index contributed by atoms with van der Waals surface area (Å²) in [6, 6.07) is 2.14. The van der Waals surface area contributed by atoms with E-state index in [0.29, 0.717) is 12.1 Å². The Bertz CT molecular complexity index is 1130. The summed E-state index contributed by atoms with van der Waals surface area (Å²) < 4.78 is 1.87.